The Morgan fingerprint density at radius 3 is 2.86 bits per heavy atom. The van der Waals surface area contributed by atoms with Crippen LogP contribution in [0.4, 0.5) is 5.69 Å². The summed E-state index contributed by atoms with van der Waals surface area (Å²) in [5.41, 5.74) is 3.40. The third kappa shape index (κ3) is 4.82. The van der Waals surface area contributed by atoms with E-state index in [1.807, 2.05) is 30.3 Å². The number of amides is 1. The standard InChI is InChI=1S/C14H15N5O3/c20-14(11-18-10-13(9-16-18)19(21)22)17-15-8-4-7-12-5-2-1-3-6-12/h1-3,5-6,8-10H,4,7,11H2,(H,17,20)/b15-8-. The number of nitro groups is 1. The fourth-order valence-corrected chi connectivity index (χ4v) is 1.77. The number of hydrogen-bond donors (Lipinski definition) is 1. The first-order chi connectivity index (χ1) is 10.6. The highest BCUT2D eigenvalue weighted by atomic mass is 16.6. The minimum atomic E-state index is -0.566. The molecule has 8 nitrogen and oxygen atoms in total. The van der Waals surface area contributed by atoms with Gasteiger partial charge >= 0.3 is 5.69 Å². The Hall–Kier alpha value is -3.03. The van der Waals surface area contributed by atoms with Gasteiger partial charge in [-0.25, -0.2) is 5.43 Å². The van der Waals surface area contributed by atoms with Gasteiger partial charge < -0.3 is 0 Å². The van der Waals surface area contributed by atoms with Crippen molar-refractivity contribution in [2.24, 2.45) is 5.10 Å². The van der Waals surface area contributed by atoms with Crippen molar-refractivity contribution in [3.8, 4) is 0 Å². The van der Waals surface area contributed by atoms with Crippen LogP contribution in [0.3, 0.4) is 0 Å². The first-order valence-corrected chi connectivity index (χ1v) is 6.66. The van der Waals surface area contributed by atoms with E-state index in [0.717, 1.165) is 12.6 Å². The summed E-state index contributed by atoms with van der Waals surface area (Å²) in [6, 6.07) is 9.94. The Morgan fingerprint density at radius 1 is 1.41 bits per heavy atom. The van der Waals surface area contributed by atoms with Gasteiger partial charge in [0.05, 0.1) is 4.92 Å². The van der Waals surface area contributed by atoms with E-state index in [2.05, 4.69) is 15.6 Å². The summed E-state index contributed by atoms with van der Waals surface area (Å²) < 4.78 is 1.19. The molecule has 1 heterocycles. The van der Waals surface area contributed by atoms with Gasteiger partial charge in [-0.05, 0) is 18.4 Å². The first kappa shape index (κ1) is 15.4. The summed E-state index contributed by atoms with van der Waals surface area (Å²) in [4.78, 5) is 21.5. The maximum absolute atomic E-state index is 11.6. The predicted octanol–water partition coefficient (Wildman–Crippen LogP) is 1.53. The highest BCUT2D eigenvalue weighted by Gasteiger charge is 2.10. The van der Waals surface area contributed by atoms with Crippen LogP contribution in [-0.4, -0.2) is 26.8 Å². The molecule has 0 spiro atoms. The van der Waals surface area contributed by atoms with Crippen molar-refractivity contribution < 1.29 is 9.72 Å². The van der Waals surface area contributed by atoms with Crippen LogP contribution in [0.2, 0.25) is 0 Å². The fraction of sp³-hybridized carbons (Fsp3) is 0.214. The zero-order valence-electron chi connectivity index (χ0n) is 11.8. The second-order valence-electron chi connectivity index (χ2n) is 4.52. The van der Waals surface area contributed by atoms with Gasteiger partial charge in [-0.1, -0.05) is 30.3 Å². The second-order valence-corrected chi connectivity index (χ2v) is 4.52. The van der Waals surface area contributed by atoms with Crippen molar-refractivity contribution in [1.29, 1.82) is 0 Å². The third-order valence-corrected chi connectivity index (χ3v) is 2.82. The Balaban J connectivity index is 1.70. The summed E-state index contributed by atoms with van der Waals surface area (Å²) in [7, 11) is 0. The number of rotatable bonds is 7. The van der Waals surface area contributed by atoms with Gasteiger partial charge in [0.15, 0.2) is 0 Å². The van der Waals surface area contributed by atoms with E-state index in [1.165, 1.54) is 16.4 Å². The van der Waals surface area contributed by atoms with E-state index < -0.39 is 10.8 Å². The Bertz CT molecular complexity index is 666. The van der Waals surface area contributed by atoms with E-state index in [9.17, 15) is 14.9 Å². The van der Waals surface area contributed by atoms with E-state index in [0.29, 0.717) is 6.42 Å². The lowest BCUT2D eigenvalue weighted by atomic mass is 10.1. The van der Waals surface area contributed by atoms with Crippen molar-refractivity contribution in [2.45, 2.75) is 19.4 Å². The lowest BCUT2D eigenvalue weighted by Gasteiger charge is -1.99. The number of carbonyl (C=O) groups is 1. The molecule has 1 aromatic carbocycles. The average molecular weight is 301 g/mol. The predicted molar refractivity (Wildman–Crippen MR) is 80.3 cm³/mol. The van der Waals surface area contributed by atoms with Gasteiger partial charge in [-0.15, -0.1) is 0 Å². The molecule has 2 rings (SSSR count). The molecule has 2 aromatic rings. The summed E-state index contributed by atoms with van der Waals surface area (Å²) in [5, 5.41) is 18.0. The number of nitrogens with one attached hydrogen (secondary N) is 1. The largest absolute Gasteiger partial charge is 0.307 e. The molecule has 0 saturated carbocycles. The second kappa shape index (κ2) is 7.67. The van der Waals surface area contributed by atoms with Crippen molar-refractivity contribution in [3.05, 3.63) is 58.4 Å². The van der Waals surface area contributed by atoms with Crippen molar-refractivity contribution in [3.63, 3.8) is 0 Å². The van der Waals surface area contributed by atoms with E-state index in [4.69, 9.17) is 0 Å². The smallest absolute Gasteiger partial charge is 0.271 e. The fourth-order valence-electron chi connectivity index (χ4n) is 1.77. The minimum absolute atomic E-state index is 0.121. The van der Waals surface area contributed by atoms with Gasteiger partial charge in [0.25, 0.3) is 5.91 Å². The first-order valence-electron chi connectivity index (χ1n) is 6.66. The molecule has 114 valence electrons. The molecule has 1 N–H and O–H groups in total. The lowest BCUT2D eigenvalue weighted by Crippen LogP contribution is -2.23. The van der Waals surface area contributed by atoms with Crippen molar-refractivity contribution in [1.82, 2.24) is 15.2 Å². The SMILES string of the molecule is O=C(Cn1cc([N+](=O)[O-])cn1)N/N=C\CCc1ccccc1. The average Bonchev–Trinajstić information content (AvgIpc) is 2.96. The molecular weight excluding hydrogens is 286 g/mol. The summed E-state index contributed by atoms with van der Waals surface area (Å²) in [5.74, 6) is -0.394. The normalized spacial score (nSPS) is 10.7. The van der Waals surface area contributed by atoms with Crippen LogP contribution >= 0.6 is 0 Å². The van der Waals surface area contributed by atoms with Crippen LogP contribution < -0.4 is 5.43 Å². The number of carbonyl (C=O) groups excluding carboxylic acids is 1. The number of nitrogens with zero attached hydrogens (tertiary/aromatic N) is 4. The van der Waals surface area contributed by atoms with Gasteiger partial charge in [-0.3, -0.25) is 19.6 Å². The molecule has 0 fully saturated rings. The van der Waals surface area contributed by atoms with Crippen LogP contribution in [0, 0.1) is 10.1 Å². The van der Waals surface area contributed by atoms with E-state index in [-0.39, 0.29) is 12.2 Å². The van der Waals surface area contributed by atoms with Gasteiger partial charge in [0, 0.05) is 6.21 Å². The number of aromatic nitrogens is 2. The molecule has 8 heteroatoms. The molecule has 0 bridgehead atoms. The van der Waals surface area contributed by atoms with Crippen molar-refractivity contribution in [2.75, 3.05) is 0 Å². The zero-order valence-corrected chi connectivity index (χ0v) is 11.8. The number of hydrogen-bond acceptors (Lipinski definition) is 5. The molecule has 0 aliphatic heterocycles. The molecule has 1 amide bonds. The molecular formula is C14H15N5O3. The van der Waals surface area contributed by atoms with Gasteiger partial charge in [-0.2, -0.15) is 10.2 Å². The van der Waals surface area contributed by atoms with Crippen LogP contribution in [0.1, 0.15) is 12.0 Å². The molecule has 0 radical (unpaired) electrons. The van der Waals surface area contributed by atoms with E-state index in [1.54, 1.807) is 6.21 Å². The molecule has 1 aromatic heterocycles. The van der Waals surface area contributed by atoms with Crippen LogP contribution in [0.5, 0.6) is 0 Å². The number of benzene rings is 1. The highest BCUT2D eigenvalue weighted by molar-refractivity contribution is 5.76. The van der Waals surface area contributed by atoms with Gasteiger partial charge in [0.2, 0.25) is 0 Å². The van der Waals surface area contributed by atoms with E-state index >= 15 is 0 Å². The molecule has 0 saturated heterocycles. The monoisotopic (exact) mass is 301 g/mol. The summed E-state index contributed by atoms with van der Waals surface area (Å²) in [6.07, 6.45) is 5.45. The molecule has 0 atom stereocenters. The molecule has 0 aliphatic carbocycles. The number of hydrazone groups is 1. The number of aryl methyl sites for hydroxylation is 1. The Kier molecular flexibility index (Phi) is 5.36. The molecule has 0 aliphatic rings. The zero-order chi connectivity index (χ0) is 15.8. The Morgan fingerprint density at radius 2 is 2.18 bits per heavy atom. The third-order valence-electron chi connectivity index (χ3n) is 2.82. The van der Waals surface area contributed by atoms with Gasteiger partial charge in [0.1, 0.15) is 18.9 Å². The maximum Gasteiger partial charge on any atom is 0.307 e. The lowest BCUT2D eigenvalue weighted by molar-refractivity contribution is -0.385. The quantitative estimate of drug-likeness (QED) is 0.476. The summed E-state index contributed by atoms with van der Waals surface area (Å²) in [6.45, 7) is -0.121. The van der Waals surface area contributed by atoms with Crippen molar-refractivity contribution >= 4 is 17.8 Å². The van der Waals surface area contributed by atoms with Crippen LogP contribution in [-0.2, 0) is 17.8 Å². The molecule has 0 unspecified atom stereocenters. The molecule has 22 heavy (non-hydrogen) atoms. The van der Waals surface area contributed by atoms with Crippen LogP contribution in [0.25, 0.3) is 0 Å². The Labute approximate surface area is 126 Å². The highest BCUT2D eigenvalue weighted by Crippen LogP contribution is 2.07. The topological polar surface area (TPSA) is 102 Å². The van der Waals surface area contributed by atoms with Crippen LogP contribution in [0.15, 0.2) is 47.8 Å². The summed E-state index contributed by atoms with van der Waals surface area (Å²) >= 11 is 0. The maximum atomic E-state index is 11.6. The minimum Gasteiger partial charge on any atom is -0.271 e.